The number of methoxy groups -OCH3 is 1. The summed E-state index contributed by atoms with van der Waals surface area (Å²) in [5.74, 6) is 1.59. The van der Waals surface area contributed by atoms with Gasteiger partial charge in [0.1, 0.15) is 6.61 Å². The summed E-state index contributed by atoms with van der Waals surface area (Å²) in [5.41, 5.74) is 1.05. The molecule has 0 saturated carbocycles. The fourth-order valence-electron chi connectivity index (χ4n) is 3.86. The summed E-state index contributed by atoms with van der Waals surface area (Å²) < 4.78 is 13.3. The summed E-state index contributed by atoms with van der Waals surface area (Å²) in [5, 5.41) is 0. The van der Waals surface area contributed by atoms with Crippen molar-refractivity contribution in [2.24, 2.45) is 5.92 Å². The topological polar surface area (TPSA) is 56.6 Å². The Morgan fingerprint density at radius 2 is 2.32 bits per heavy atom. The average molecular weight is 341 g/mol. The highest BCUT2D eigenvalue weighted by Gasteiger charge is 2.33. The van der Waals surface area contributed by atoms with Gasteiger partial charge in [-0.05, 0) is 30.9 Å². The van der Waals surface area contributed by atoms with Crippen molar-refractivity contribution in [2.45, 2.75) is 25.3 Å². The number of hydrogen-bond donors (Lipinski definition) is 0. The van der Waals surface area contributed by atoms with E-state index >= 15 is 0 Å². The van der Waals surface area contributed by atoms with Crippen LogP contribution in [0.5, 0.6) is 11.5 Å². The van der Waals surface area contributed by atoms with Crippen LogP contribution in [0, 0.1) is 5.92 Å². The molecule has 1 amide bonds. The molecule has 0 spiro atoms. The minimum Gasteiger partial charge on any atom is -0.493 e. The van der Waals surface area contributed by atoms with Crippen molar-refractivity contribution in [3.05, 3.63) is 42.5 Å². The molecule has 6 nitrogen and oxygen atoms in total. The van der Waals surface area contributed by atoms with E-state index in [1.54, 1.807) is 13.3 Å². The van der Waals surface area contributed by atoms with Crippen molar-refractivity contribution in [1.29, 1.82) is 0 Å². The van der Waals surface area contributed by atoms with Gasteiger partial charge in [-0.2, -0.15) is 0 Å². The monoisotopic (exact) mass is 341 g/mol. The summed E-state index contributed by atoms with van der Waals surface area (Å²) >= 11 is 0. The zero-order valence-corrected chi connectivity index (χ0v) is 14.4. The molecule has 2 aromatic rings. The van der Waals surface area contributed by atoms with E-state index in [1.807, 2.05) is 35.6 Å². The van der Waals surface area contributed by atoms with E-state index < -0.39 is 0 Å². The highest BCUT2D eigenvalue weighted by atomic mass is 16.5. The van der Waals surface area contributed by atoms with Gasteiger partial charge in [0, 0.05) is 25.5 Å². The van der Waals surface area contributed by atoms with Crippen LogP contribution in [0.4, 0.5) is 0 Å². The van der Waals surface area contributed by atoms with E-state index in [9.17, 15) is 4.79 Å². The first-order chi connectivity index (χ1) is 12.3. The Hall–Kier alpha value is -2.50. The molecule has 25 heavy (non-hydrogen) atoms. The summed E-state index contributed by atoms with van der Waals surface area (Å²) in [4.78, 5) is 19.1. The van der Waals surface area contributed by atoms with Crippen LogP contribution < -0.4 is 9.47 Å². The van der Waals surface area contributed by atoms with Crippen LogP contribution in [0.1, 0.15) is 24.4 Å². The van der Waals surface area contributed by atoms with Gasteiger partial charge in [-0.1, -0.05) is 12.1 Å². The largest absolute Gasteiger partial charge is 0.493 e. The first-order valence-corrected chi connectivity index (χ1v) is 8.81. The number of aromatic nitrogens is 2. The number of imidazole rings is 1. The third kappa shape index (κ3) is 3.08. The van der Waals surface area contributed by atoms with Gasteiger partial charge in [0.05, 0.1) is 25.4 Å². The quantitative estimate of drug-likeness (QED) is 0.860. The van der Waals surface area contributed by atoms with Gasteiger partial charge in [-0.25, -0.2) is 4.98 Å². The number of carbonyl (C=O) groups is 1. The predicted octanol–water partition coefficient (Wildman–Crippen LogP) is 2.31. The lowest BCUT2D eigenvalue weighted by molar-refractivity contribution is -0.138. The fraction of sp³-hybridized carbons (Fsp3) is 0.474. The molecular formula is C19H23N3O3. The minimum atomic E-state index is -0.124. The number of para-hydroxylation sites is 1. The van der Waals surface area contributed by atoms with E-state index in [2.05, 4.69) is 9.55 Å². The zero-order valence-electron chi connectivity index (χ0n) is 14.4. The maximum Gasteiger partial charge on any atom is 0.229 e. The third-order valence-corrected chi connectivity index (χ3v) is 5.18. The molecule has 1 saturated heterocycles. The Morgan fingerprint density at radius 3 is 3.12 bits per heavy atom. The number of likely N-dealkylation sites (tertiary alicyclic amines) is 1. The summed E-state index contributed by atoms with van der Waals surface area (Å²) in [7, 11) is 1.64. The molecule has 0 unspecified atom stereocenters. The standard InChI is InChI=1S/C19H23N3O3/c1-24-17-6-2-4-14-10-15(12-25-18(14)17)19(23)21-8-3-5-16(11-21)22-9-7-20-13-22/h2,4,6-7,9,13,15-16H,3,5,8,10-12H2,1H3/t15-,16-/m1/s1. The molecule has 2 atom stereocenters. The first-order valence-electron chi connectivity index (χ1n) is 8.81. The van der Waals surface area contributed by atoms with Crippen molar-refractivity contribution in [3.8, 4) is 11.5 Å². The van der Waals surface area contributed by atoms with E-state index in [-0.39, 0.29) is 11.8 Å². The molecule has 1 fully saturated rings. The number of hydrogen-bond acceptors (Lipinski definition) is 4. The maximum absolute atomic E-state index is 13.0. The summed E-state index contributed by atoms with van der Waals surface area (Å²) in [6.45, 7) is 1.99. The number of carbonyl (C=O) groups excluding carboxylic acids is 1. The maximum atomic E-state index is 13.0. The number of nitrogens with zero attached hydrogens (tertiary/aromatic N) is 3. The first kappa shape index (κ1) is 16.0. The molecule has 0 radical (unpaired) electrons. The van der Waals surface area contributed by atoms with E-state index in [4.69, 9.17) is 9.47 Å². The van der Waals surface area contributed by atoms with Gasteiger partial charge in [0.15, 0.2) is 11.5 Å². The van der Waals surface area contributed by atoms with Gasteiger partial charge in [-0.15, -0.1) is 0 Å². The number of piperidine rings is 1. The lowest BCUT2D eigenvalue weighted by Crippen LogP contribution is -2.46. The van der Waals surface area contributed by atoms with E-state index in [0.29, 0.717) is 19.1 Å². The van der Waals surface area contributed by atoms with Crippen molar-refractivity contribution >= 4 is 5.91 Å². The number of benzene rings is 1. The summed E-state index contributed by atoms with van der Waals surface area (Å²) in [6.07, 6.45) is 8.42. The van der Waals surface area contributed by atoms with Gasteiger partial charge in [-0.3, -0.25) is 4.79 Å². The van der Waals surface area contributed by atoms with Gasteiger partial charge >= 0.3 is 0 Å². The molecule has 3 heterocycles. The van der Waals surface area contributed by atoms with Crippen LogP contribution >= 0.6 is 0 Å². The van der Waals surface area contributed by atoms with Crippen molar-refractivity contribution in [3.63, 3.8) is 0 Å². The lowest BCUT2D eigenvalue weighted by atomic mass is 9.94. The highest BCUT2D eigenvalue weighted by molar-refractivity contribution is 5.80. The molecule has 1 aromatic carbocycles. The highest BCUT2D eigenvalue weighted by Crippen LogP contribution is 2.36. The van der Waals surface area contributed by atoms with Crippen LogP contribution in [-0.4, -0.2) is 47.2 Å². The normalized spacial score (nSPS) is 22.8. The molecule has 132 valence electrons. The number of amides is 1. The number of ether oxygens (including phenoxy) is 2. The molecule has 4 rings (SSSR count). The van der Waals surface area contributed by atoms with Crippen molar-refractivity contribution < 1.29 is 14.3 Å². The predicted molar refractivity (Wildman–Crippen MR) is 92.8 cm³/mol. The average Bonchev–Trinajstić information content (AvgIpc) is 3.21. The smallest absolute Gasteiger partial charge is 0.229 e. The summed E-state index contributed by atoms with van der Waals surface area (Å²) in [6, 6.07) is 6.17. The Labute approximate surface area is 147 Å². The van der Waals surface area contributed by atoms with Crippen LogP contribution in [0.3, 0.4) is 0 Å². The molecule has 0 N–H and O–H groups in total. The van der Waals surface area contributed by atoms with Crippen molar-refractivity contribution in [2.75, 3.05) is 26.8 Å². The second kappa shape index (κ2) is 6.78. The number of rotatable bonds is 3. The Bertz CT molecular complexity index is 744. The van der Waals surface area contributed by atoms with Gasteiger partial charge < -0.3 is 18.9 Å². The Kier molecular flexibility index (Phi) is 4.34. The van der Waals surface area contributed by atoms with E-state index in [1.165, 1.54) is 0 Å². The number of fused-ring (bicyclic) bond motifs is 1. The Balaban J connectivity index is 1.46. The second-order valence-electron chi connectivity index (χ2n) is 6.75. The SMILES string of the molecule is COc1cccc2c1OC[C@H](C(=O)N1CCC[C@@H](n3ccnc3)C1)C2. The fourth-order valence-corrected chi connectivity index (χ4v) is 3.86. The van der Waals surface area contributed by atoms with Crippen molar-refractivity contribution in [1.82, 2.24) is 14.5 Å². The molecule has 0 aliphatic carbocycles. The van der Waals surface area contributed by atoms with Gasteiger partial charge in [0.2, 0.25) is 5.91 Å². The molecule has 2 aliphatic heterocycles. The third-order valence-electron chi connectivity index (χ3n) is 5.18. The second-order valence-corrected chi connectivity index (χ2v) is 6.75. The molecule has 6 heteroatoms. The van der Waals surface area contributed by atoms with Crippen LogP contribution in [0.2, 0.25) is 0 Å². The minimum absolute atomic E-state index is 0.124. The lowest BCUT2D eigenvalue weighted by Gasteiger charge is -2.36. The Morgan fingerprint density at radius 1 is 1.40 bits per heavy atom. The van der Waals surface area contributed by atoms with Gasteiger partial charge in [0.25, 0.3) is 0 Å². The zero-order chi connectivity index (χ0) is 17.2. The van der Waals surface area contributed by atoms with Crippen LogP contribution in [0.15, 0.2) is 36.9 Å². The molecule has 1 aromatic heterocycles. The molecular weight excluding hydrogens is 318 g/mol. The molecule has 0 bridgehead atoms. The van der Waals surface area contributed by atoms with Crippen LogP contribution in [0.25, 0.3) is 0 Å². The van der Waals surface area contributed by atoms with E-state index in [0.717, 1.165) is 43.0 Å². The molecule has 2 aliphatic rings. The van der Waals surface area contributed by atoms with Crippen LogP contribution in [-0.2, 0) is 11.2 Å².